The summed E-state index contributed by atoms with van der Waals surface area (Å²) in [7, 11) is 0. The van der Waals surface area contributed by atoms with Gasteiger partial charge in [-0.15, -0.1) is 10.2 Å². The molecule has 0 unspecified atom stereocenters. The minimum atomic E-state index is -2.89. The number of benzene rings is 1. The number of rotatable bonds is 6. The number of halogens is 2. The molecule has 102 valence electrons. The molecule has 1 aromatic carbocycles. The molecule has 1 aromatic heterocycles. The quantitative estimate of drug-likeness (QED) is 0.871. The highest BCUT2D eigenvalue weighted by Gasteiger charge is 2.30. The second-order valence-electron chi connectivity index (χ2n) is 4.21. The maximum atomic E-state index is 13.9. The normalized spacial score (nSPS) is 11.7. The summed E-state index contributed by atoms with van der Waals surface area (Å²) < 4.78 is 29.5. The molecule has 0 aliphatic heterocycles. The molecule has 0 aliphatic carbocycles. The maximum absolute atomic E-state index is 13.9. The highest BCUT2D eigenvalue weighted by Crippen LogP contribution is 2.26. The van der Waals surface area contributed by atoms with Gasteiger partial charge in [-0.25, -0.2) is 0 Å². The summed E-state index contributed by atoms with van der Waals surface area (Å²) in [4.78, 5) is 0. The lowest BCUT2D eigenvalue weighted by Gasteiger charge is -2.17. The largest absolute Gasteiger partial charge is 0.317 e. The summed E-state index contributed by atoms with van der Waals surface area (Å²) in [5.41, 5.74) is 0.0134. The van der Waals surface area contributed by atoms with Crippen LogP contribution in [0.2, 0.25) is 0 Å². The van der Waals surface area contributed by atoms with E-state index in [0.717, 1.165) is 6.54 Å². The van der Waals surface area contributed by atoms with Gasteiger partial charge in [0, 0.05) is 12.1 Å². The molecule has 2 rings (SSSR count). The Balaban J connectivity index is 1.92. The van der Waals surface area contributed by atoms with Gasteiger partial charge >= 0.3 is 0 Å². The van der Waals surface area contributed by atoms with Crippen LogP contribution in [0.3, 0.4) is 0 Å². The smallest absolute Gasteiger partial charge is 0.285 e. The Bertz CT molecular complexity index is 510. The van der Waals surface area contributed by atoms with E-state index in [1.807, 2.05) is 11.5 Å². The first-order valence-electron chi connectivity index (χ1n) is 6.14. The summed E-state index contributed by atoms with van der Waals surface area (Å²) >= 11 is 0. The molecule has 2 aromatic rings. The molecule has 6 heteroatoms. The summed E-state index contributed by atoms with van der Waals surface area (Å²) in [5, 5.41) is 10.4. The Morgan fingerprint density at radius 1 is 1.26 bits per heavy atom. The van der Waals surface area contributed by atoms with Gasteiger partial charge in [-0.1, -0.05) is 30.3 Å². The van der Waals surface area contributed by atoms with Gasteiger partial charge in [0.05, 0.1) is 13.1 Å². The van der Waals surface area contributed by atoms with Crippen LogP contribution in [0, 0.1) is 0 Å². The highest BCUT2D eigenvalue weighted by molar-refractivity contribution is 5.20. The van der Waals surface area contributed by atoms with Crippen molar-refractivity contribution in [2.75, 3.05) is 6.54 Å². The predicted octanol–water partition coefficient (Wildman–Crippen LogP) is 2.18. The zero-order valence-electron chi connectivity index (χ0n) is 10.7. The Hall–Kier alpha value is -1.82. The fourth-order valence-electron chi connectivity index (χ4n) is 1.80. The Morgan fingerprint density at radius 2 is 2.00 bits per heavy atom. The molecule has 0 amide bonds. The first-order valence-corrected chi connectivity index (χ1v) is 6.14. The first-order chi connectivity index (χ1) is 9.13. The van der Waals surface area contributed by atoms with E-state index in [1.54, 1.807) is 24.5 Å². The van der Waals surface area contributed by atoms with E-state index in [4.69, 9.17) is 0 Å². The number of nitrogens with zero attached hydrogens (tertiary/aromatic N) is 3. The van der Waals surface area contributed by atoms with Crippen LogP contribution < -0.4 is 5.32 Å². The van der Waals surface area contributed by atoms with Crippen molar-refractivity contribution < 1.29 is 8.78 Å². The van der Waals surface area contributed by atoms with Gasteiger partial charge in [0.1, 0.15) is 12.2 Å². The zero-order chi connectivity index (χ0) is 13.7. The van der Waals surface area contributed by atoms with E-state index >= 15 is 0 Å². The summed E-state index contributed by atoms with van der Waals surface area (Å²) in [6, 6.07) is 7.79. The molecule has 0 atom stereocenters. The van der Waals surface area contributed by atoms with Crippen LogP contribution in [0.15, 0.2) is 36.7 Å². The molecule has 1 heterocycles. The summed E-state index contributed by atoms with van der Waals surface area (Å²) in [6.45, 7) is 2.52. The number of aromatic nitrogens is 3. The van der Waals surface area contributed by atoms with E-state index < -0.39 is 12.5 Å². The lowest BCUT2D eigenvalue weighted by molar-refractivity contribution is -0.00363. The third-order valence-corrected chi connectivity index (χ3v) is 2.86. The number of alkyl halides is 2. The maximum Gasteiger partial charge on any atom is 0.285 e. The van der Waals surface area contributed by atoms with E-state index in [0.29, 0.717) is 5.82 Å². The molecule has 0 saturated carbocycles. The Labute approximate surface area is 110 Å². The lowest BCUT2D eigenvalue weighted by atomic mass is 10.1. The molecule has 0 aliphatic rings. The second-order valence-corrected chi connectivity index (χ2v) is 4.21. The van der Waals surface area contributed by atoms with Gasteiger partial charge < -0.3 is 9.88 Å². The number of hydrogen-bond acceptors (Lipinski definition) is 3. The van der Waals surface area contributed by atoms with Crippen LogP contribution in [0.4, 0.5) is 8.78 Å². The fourth-order valence-corrected chi connectivity index (χ4v) is 1.80. The van der Waals surface area contributed by atoms with Crippen molar-refractivity contribution in [2.45, 2.75) is 25.9 Å². The number of hydrogen-bond donors (Lipinski definition) is 1. The van der Waals surface area contributed by atoms with Crippen LogP contribution >= 0.6 is 0 Å². The van der Waals surface area contributed by atoms with E-state index in [2.05, 4.69) is 15.5 Å². The topological polar surface area (TPSA) is 42.7 Å². The van der Waals surface area contributed by atoms with Crippen molar-refractivity contribution in [3.63, 3.8) is 0 Å². The molecule has 0 radical (unpaired) electrons. The molecule has 0 fully saturated rings. The molecular weight excluding hydrogens is 250 g/mol. The monoisotopic (exact) mass is 266 g/mol. The molecular formula is C13H16F2N4. The van der Waals surface area contributed by atoms with Gasteiger partial charge in [-0.05, 0) is 6.92 Å². The summed E-state index contributed by atoms with van der Waals surface area (Å²) in [5.74, 6) is -2.23. The predicted molar refractivity (Wildman–Crippen MR) is 67.7 cm³/mol. The molecule has 4 nitrogen and oxygen atoms in total. The minimum Gasteiger partial charge on any atom is -0.317 e. The average molecular weight is 266 g/mol. The van der Waals surface area contributed by atoms with Gasteiger partial charge in [-0.2, -0.15) is 8.78 Å². The molecule has 19 heavy (non-hydrogen) atoms. The van der Waals surface area contributed by atoms with Gasteiger partial charge in [0.15, 0.2) is 0 Å². The van der Waals surface area contributed by atoms with Crippen molar-refractivity contribution in [3.8, 4) is 0 Å². The lowest BCUT2D eigenvalue weighted by Crippen LogP contribution is -2.31. The van der Waals surface area contributed by atoms with Gasteiger partial charge in [0.25, 0.3) is 5.92 Å². The first kappa shape index (κ1) is 13.6. The minimum absolute atomic E-state index is 0.0134. The third kappa shape index (κ3) is 3.35. The molecule has 0 bridgehead atoms. The highest BCUT2D eigenvalue weighted by atomic mass is 19.3. The number of nitrogens with one attached hydrogen (secondary N) is 1. The van der Waals surface area contributed by atoms with Crippen LogP contribution in [0.1, 0.15) is 18.3 Å². The average Bonchev–Trinajstić information content (AvgIpc) is 2.87. The Kier molecular flexibility index (Phi) is 4.21. The van der Waals surface area contributed by atoms with Gasteiger partial charge in [-0.3, -0.25) is 0 Å². The third-order valence-electron chi connectivity index (χ3n) is 2.86. The second kappa shape index (κ2) is 5.88. The molecule has 1 N–H and O–H groups in total. The van der Waals surface area contributed by atoms with Gasteiger partial charge in [0.2, 0.25) is 0 Å². The van der Waals surface area contributed by atoms with Crippen LogP contribution in [0.5, 0.6) is 0 Å². The van der Waals surface area contributed by atoms with Crippen molar-refractivity contribution in [1.29, 1.82) is 0 Å². The summed E-state index contributed by atoms with van der Waals surface area (Å²) in [6.07, 6.45) is 1.59. The van der Waals surface area contributed by atoms with Crippen LogP contribution in [0.25, 0.3) is 0 Å². The van der Waals surface area contributed by atoms with E-state index in [1.165, 1.54) is 12.1 Å². The van der Waals surface area contributed by atoms with Crippen molar-refractivity contribution in [1.82, 2.24) is 20.1 Å². The SMILES string of the molecule is CCn1cnnc1CNCC(F)(F)c1ccccc1. The van der Waals surface area contributed by atoms with Crippen molar-refractivity contribution in [2.24, 2.45) is 0 Å². The van der Waals surface area contributed by atoms with Crippen LogP contribution in [-0.2, 0) is 19.0 Å². The Morgan fingerprint density at radius 3 is 2.68 bits per heavy atom. The van der Waals surface area contributed by atoms with E-state index in [9.17, 15) is 8.78 Å². The standard InChI is InChI=1S/C13H16F2N4/c1-2-19-10-17-18-12(19)8-16-9-13(14,15)11-6-4-3-5-7-11/h3-7,10,16H,2,8-9H2,1H3. The fraction of sp³-hybridized carbons (Fsp3) is 0.385. The molecule has 0 spiro atoms. The zero-order valence-corrected chi connectivity index (χ0v) is 10.7. The number of aryl methyl sites for hydroxylation is 1. The van der Waals surface area contributed by atoms with Crippen LogP contribution in [-0.4, -0.2) is 21.3 Å². The van der Waals surface area contributed by atoms with Crippen molar-refractivity contribution >= 4 is 0 Å². The molecule has 0 saturated heterocycles. The van der Waals surface area contributed by atoms with Crippen molar-refractivity contribution in [3.05, 3.63) is 48.0 Å². The van der Waals surface area contributed by atoms with E-state index in [-0.39, 0.29) is 12.1 Å².